The molecular formula is C17H21N5O3. The van der Waals surface area contributed by atoms with Gasteiger partial charge in [-0.2, -0.15) is 0 Å². The van der Waals surface area contributed by atoms with E-state index < -0.39 is 0 Å². The van der Waals surface area contributed by atoms with Gasteiger partial charge in [-0.1, -0.05) is 11.3 Å². The van der Waals surface area contributed by atoms with Gasteiger partial charge in [-0.3, -0.25) is 4.79 Å². The number of benzene rings is 1. The molecule has 0 aliphatic carbocycles. The first kappa shape index (κ1) is 15.9. The van der Waals surface area contributed by atoms with Crippen LogP contribution >= 0.6 is 0 Å². The fraction of sp³-hybridized carbons (Fsp3) is 0.471. The number of hydrogen-bond acceptors (Lipinski definition) is 6. The summed E-state index contributed by atoms with van der Waals surface area (Å²) < 4.78 is 13.0. The maximum absolute atomic E-state index is 12.7. The third kappa shape index (κ3) is 3.05. The topological polar surface area (TPSA) is 90.3 Å². The highest BCUT2D eigenvalue weighted by molar-refractivity contribution is 6.04. The Bertz CT molecular complexity index is 783. The van der Waals surface area contributed by atoms with Gasteiger partial charge in [0.05, 0.1) is 17.4 Å². The molecule has 8 heteroatoms. The zero-order valence-corrected chi connectivity index (χ0v) is 14.1. The third-order valence-corrected chi connectivity index (χ3v) is 4.61. The van der Waals surface area contributed by atoms with E-state index in [1.807, 2.05) is 23.7 Å². The maximum atomic E-state index is 12.7. The number of nitrogens with one attached hydrogen (secondary N) is 2. The van der Waals surface area contributed by atoms with Crippen molar-refractivity contribution in [1.82, 2.24) is 20.3 Å². The van der Waals surface area contributed by atoms with Crippen LogP contribution in [0, 0.1) is 6.92 Å². The van der Waals surface area contributed by atoms with Crippen LogP contribution < -0.4 is 20.1 Å². The summed E-state index contributed by atoms with van der Waals surface area (Å²) in [5.41, 5.74) is 1.71. The zero-order valence-electron chi connectivity index (χ0n) is 14.1. The summed E-state index contributed by atoms with van der Waals surface area (Å²) in [4.78, 5) is 12.7. The lowest BCUT2D eigenvalue weighted by Gasteiger charge is -2.23. The van der Waals surface area contributed by atoms with Gasteiger partial charge in [0.25, 0.3) is 5.91 Å². The Balaban J connectivity index is 1.55. The van der Waals surface area contributed by atoms with Crippen molar-refractivity contribution in [2.75, 3.05) is 31.6 Å². The molecule has 1 saturated heterocycles. The second kappa shape index (κ2) is 6.72. The van der Waals surface area contributed by atoms with Gasteiger partial charge in [0.1, 0.15) is 13.2 Å². The predicted molar refractivity (Wildman–Crippen MR) is 91.3 cm³/mol. The average molecular weight is 343 g/mol. The van der Waals surface area contributed by atoms with E-state index in [0.717, 1.165) is 31.6 Å². The molecule has 0 unspecified atom stereocenters. The maximum Gasteiger partial charge on any atom is 0.278 e. The van der Waals surface area contributed by atoms with Crippen LogP contribution in [0.5, 0.6) is 11.5 Å². The molecule has 0 atom stereocenters. The van der Waals surface area contributed by atoms with Gasteiger partial charge >= 0.3 is 0 Å². The highest BCUT2D eigenvalue weighted by atomic mass is 16.6. The number of aromatic nitrogens is 3. The summed E-state index contributed by atoms with van der Waals surface area (Å²) in [6.45, 7) is 4.77. The number of nitrogens with zero attached hydrogens (tertiary/aromatic N) is 3. The van der Waals surface area contributed by atoms with E-state index in [-0.39, 0.29) is 11.9 Å². The first-order valence-electron chi connectivity index (χ1n) is 8.56. The number of amides is 1. The molecule has 2 aliphatic rings. The van der Waals surface area contributed by atoms with Gasteiger partial charge in [-0.05, 0) is 45.0 Å². The van der Waals surface area contributed by atoms with Crippen molar-refractivity contribution in [3.05, 3.63) is 29.6 Å². The Morgan fingerprint density at radius 2 is 2.08 bits per heavy atom. The fourth-order valence-corrected chi connectivity index (χ4v) is 3.30. The number of anilines is 1. The molecule has 1 aromatic carbocycles. The Kier molecular flexibility index (Phi) is 4.27. The van der Waals surface area contributed by atoms with Crippen molar-refractivity contribution in [3.8, 4) is 11.5 Å². The minimum Gasteiger partial charge on any atom is -0.486 e. The molecule has 25 heavy (non-hydrogen) atoms. The highest BCUT2D eigenvalue weighted by Gasteiger charge is 2.24. The Morgan fingerprint density at radius 1 is 1.28 bits per heavy atom. The molecule has 0 spiro atoms. The minimum absolute atomic E-state index is 0.288. The molecule has 132 valence electrons. The number of fused-ring (bicyclic) bond motifs is 1. The quantitative estimate of drug-likeness (QED) is 0.878. The second-order valence-corrected chi connectivity index (χ2v) is 6.23. The van der Waals surface area contributed by atoms with Gasteiger partial charge in [0.2, 0.25) is 0 Å². The lowest BCUT2D eigenvalue weighted by molar-refractivity contribution is 0.102. The molecule has 0 saturated carbocycles. The molecule has 2 N–H and O–H groups in total. The van der Waals surface area contributed by atoms with Crippen molar-refractivity contribution in [3.63, 3.8) is 0 Å². The molecule has 0 radical (unpaired) electrons. The first-order chi connectivity index (χ1) is 12.2. The van der Waals surface area contributed by atoms with Crippen molar-refractivity contribution >= 4 is 11.6 Å². The molecule has 0 bridgehead atoms. The molecule has 1 amide bonds. The Hall–Kier alpha value is -2.61. The van der Waals surface area contributed by atoms with Crippen LogP contribution in [-0.2, 0) is 0 Å². The molecule has 4 rings (SSSR count). The summed E-state index contributed by atoms with van der Waals surface area (Å²) in [6.07, 6.45) is 1.98. The van der Waals surface area contributed by atoms with E-state index in [4.69, 9.17) is 9.47 Å². The summed E-state index contributed by atoms with van der Waals surface area (Å²) in [5, 5.41) is 14.5. The van der Waals surface area contributed by atoms with Crippen molar-refractivity contribution in [2.45, 2.75) is 25.8 Å². The standard InChI is InChI=1S/C17H21N5O3/c1-11-15(20-21-22(11)12-5-7-18-8-6-12)17(23)19-13-3-2-4-14-16(13)25-10-9-24-14/h2-4,12,18H,5-10H2,1H3,(H,19,23). The van der Waals surface area contributed by atoms with Crippen LogP contribution in [0.2, 0.25) is 0 Å². The highest BCUT2D eigenvalue weighted by Crippen LogP contribution is 2.37. The largest absolute Gasteiger partial charge is 0.486 e. The van der Waals surface area contributed by atoms with E-state index in [1.165, 1.54) is 0 Å². The van der Waals surface area contributed by atoms with Crippen LogP contribution in [0.4, 0.5) is 5.69 Å². The van der Waals surface area contributed by atoms with Crippen molar-refractivity contribution < 1.29 is 14.3 Å². The van der Waals surface area contributed by atoms with E-state index in [1.54, 1.807) is 6.07 Å². The smallest absolute Gasteiger partial charge is 0.278 e. The Morgan fingerprint density at radius 3 is 2.92 bits per heavy atom. The van der Waals surface area contributed by atoms with E-state index in [9.17, 15) is 4.79 Å². The van der Waals surface area contributed by atoms with Gasteiger partial charge in [-0.15, -0.1) is 5.10 Å². The molecule has 2 aromatic rings. The number of ether oxygens (including phenoxy) is 2. The molecule has 2 aliphatic heterocycles. The minimum atomic E-state index is -0.291. The molecule has 1 aromatic heterocycles. The van der Waals surface area contributed by atoms with Gasteiger partial charge < -0.3 is 20.1 Å². The number of carbonyl (C=O) groups excluding carboxylic acids is 1. The zero-order chi connectivity index (χ0) is 17.2. The lowest BCUT2D eigenvalue weighted by Crippen LogP contribution is -2.30. The van der Waals surface area contributed by atoms with E-state index >= 15 is 0 Å². The van der Waals surface area contributed by atoms with Crippen LogP contribution in [0.1, 0.15) is 35.1 Å². The van der Waals surface area contributed by atoms with Crippen molar-refractivity contribution in [2.24, 2.45) is 0 Å². The molecule has 8 nitrogen and oxygen atoms in total. The second-order valence-electron chi connectivity index (χ2n) is 6.23. The average Bonchev–Trinajstić information content (AvgIpc) is 3.04. The lowest BCUT2D eigenvalue weighted by atomic mass is 10.1. The van der Waals surface area contributed by atoms with Crippen LogP contribution in [-0.4, -0.2) is 47.2 Å². The molecule has 3 heterocycles. The summed E-state index contributed by atoms with van der Waals surface area (Å²) in [7, 11) is 0. The van der Waals surface area contributed by atoms with Crippen molar-refractivity contribution in [1.29, 1.82) is 0 Å². The summed E-state index contributed by atoms with van der Waals surface area (Å²) >= 11 is 0. The third-order valence-electron chi connectivity index (χ3n) is 4.61. The van der Waals surface area contributed by atoms with Crippen LogP contribution in [0.25, 0.3) is 0 Å². The van der Waals surface area contributed by atoms with Gasteiger partial charge in [0, 0.05) is 0 Å². The van der Waals surface area contributed by atoms with E-state index in [0.29, 0.717) is 36.1 Å². The molecule has 1 fully saturated rings. The number of hydrogen-bond donors (Lipinski definition) is 2. The van der Waals surface area contributed by atoms with E-state index in [2.05, 4.69) is 20.9 Å². The number of piperidine rings is 1. The monoisotopic (exact) mass is 343 g/mol. The number of para-hydroxylation sites is 1. The van der Waals surface area contributed by atoms with Crippen LogP contribution in [0.15, 0.2) is 18.2 Å². The summed E-state index contributed by atoms with van der Waals surface area (Å²) in [5.74, 6) is 0.907. The normalized spacial score (nSPS) is 17.3. The van der Waals surface area contributed by atoms with Gasteiger partial charge in [-0.25, -0.2) is 4.68 Å². The number of rotatable bonds is 3. The fourth-order valence-electron chi connectivity index (χ4n) is 3.30. The first-order valence-corrected chi connectivity index (χ1v) is 8.56. The summed E-state index contributed by atoms with van der Waals surface area (Å²) in [6, 6.07) is 5.72. The number of carbonyl (C=O) groups is 1. The van der Waals surface area contributed by atoms with Gasteiger partial charge in [0.15, 0.2) is 17.2 Å². The predicted octanol–water partition coefficient (Wildman–Crippen LogP) is 1.53. The Labute approximate surface area is 145 Å². The molecular weight excluding hydrogens is 322 g/mol. The SMILES string of the molecule is Cc1c(C(=O)Nc2cccc3c2OCCO3)nnn1C1CCNCC1. The van der Waals surface area contributed by atoms with Crippen LogP contribution in [0.3, 0.4) is 0 Å².